The number of rotatable bonds is 0. The summed E-state index contributed by atoms with van der Waals surface area (Å²) in [6.07, 6.45) is 0. The molecular weight excluding hydrogens is 138 g/mol. The van der Waals surface area contributed by atoms with Crippen LogP contribution in [0, 0.1) is 6.79 Å². The van der Waals surface area contributed by atoms with Gasteiger partial charge in [-0.3, -0.25) is 0 Å². The summed E-state index contributed by atoms with van der Waals surface area (Å²) in [5.41, 5.74) is 0. The molecule has 1 rings (SSSR count). The molecule has 24 valence electrons. The molecule has 1 fully saturated rings. The summed E-state index contributed by atoms with van der Waals surface area (Å²) >= 11 is 0. The smallest absolute Gasteiger partial charge is 0.354 e. The van der Waals surface area contributed by atoms with Gasteiger partial charge in [-0.15, -0.1) is 5.04 Å². The zero-order valence-electron chi connectivity index (χ0n) is 3.80. The summed E-state index contributed by atoms with van der Waals surface area (Å²) in [5, 5.41) is 3.67. The second-order valence-corrected chi connectivity index (χ2v) is 0.357. The van der Waals surface area contributed by atoms with E-state index in [1.54, 1.807) is 0 Å². The van der Waals surface area contributed by atoms with Crippen LogP contribution in [0.4, 0.5) is 0 Å². The molecule has 0 N–H and O–H groups in total. The molecule has 0 bridgehead atoms. The van der Waals surface area contributed by atoms with Crippen molar-refractivity contribution in [3.63, 3.8) is 0 Å². The van der Waals surface area contributed by atoms with Crippen LogP contribution < -0.4 is 103 Å². The van der Waals surface area contributed by atoms with Crippen molar-refractivity contribution in [3.05, 3.63) is 6.79 Å². The van der Waals surface area contributed by atoms with E-state index in [4.69, 9.17) is 0 Å². The van der Waals surface area contributed by atoms with E-state index < -0.39 is 0 Å². The minimum atomic E-state index is 0. The minimum Gasteiger partial charge on any atom is -0.354 e. The maximum Gasteiger partial charge on any atom is 1.00 e. The molecule has 0 spiro atoms. The molecule has 0 aromatic rings. The van der Waals surface area contributed by atoms with Crippen molar-refractivity contribution >= 4 is 0 Å². The summed E-state index contributed by atoms with van der Waals surface area (Å²) < 4.78 is 0. The third-order valence-electron chi connectivity index (χ3n) is 0.157. The van der Waals surface area contributed by atoms with Crippen LogP contribution >= 0.6 is 0 Å². The van der Waals surface area contributed by atoms with E-state index >= 15 is 0 Å². The summed E-state index contributed by atoms with van der Waals surface area (Å²) in [6.45, 7) is 1.08. The first-order valence-electron chi connectivity index (χ1n) is 0.805. The monoisotopic (exact) mass is 139 g/mol. The number of hydrogen-bond donors (Lipinski definition) is 0. The van der Waals surface area contributed by atoms with Crippen molar-refractivity contribution in [2.75, 3.05) is 0 Å². The molecule has 6 heavy (non-hydrogen) atoms. The van der Waals surface area contributed by atoms with E-state index in [2.05, 4.69) is 14.8 Å². The second kappa shape index (κ2) is 8.15. The minimum absolute atomic E-state index is 0. The van der Waals surface area contributed by atoms with E-state index in [1.807, 2.05) is 0 Å². The Bertz CT molecular complexity index is 16.8. The van der Waals surface area contributed by atoms with Gasteiger partial charge in [0, 0.05) is 0 Å². The van der Waals surface area contributed by atoms with Crippen LogP contribution in [0.3, 0.4) is 0 Å². The van der Waals surface area contributed by atoms with Gasteiger partial charge in [0.25, 0.3) is 0 Å². The third-order valence-corrected chi connectivity index (χ3v) is 0.157. The van der Waals surface area contributed by atoms with Gasteiger partial charge in [-0.2, -0.15) is 0 Å². The Balaban J connectivity index is 0. The Kier molecular flexibility index (Phi) is 16.2. The van der Waals surface area contributed by atoms with Crippen molar-refractivity contribution in [1.29, 1.82) is 0 Å². The van der Waals surface area contributed by atoms with E-state index in [9.17, 15) is 0 Å². The SMILES string of the molecule is [CH-]1OOO1.[K+].[K+]. The molecule has 0 aromatic heterocycles. The van der Waals surface area contributed by atoms with Gasteiger partial charge in [-0.25, -0.2) is 0 Å². The Morgan fingerprint density at radius 3 is 1.17 bits per heavy atom. The van der Waals surface area contributed by atoms with Gasteiger partial charge >= 0.3 is 103 Å². The fourth-order valence-electron chi connectivity index (χ4n) is 0.0393. The van der Waals surface area contributed by atoms with Gasteiger partial charge in [0.1, 0.15) is 0 Å². The normalized spacial score (nSPS) is 16.0. The Morgan fingerprint density at radius 2 is 1.17 bits per heavy atom. The van der Waals surface area contributed by atoms with Crippen LogP contribution in [0.15, 0.2) is 0 Å². The van der Waals surface area contributed by atoms with E-state index in [0.717, 1.165) is 6.79 Å². The Labute approximate surface area is 121 Å². The summed E-state index contributed by atoms with van der Waals surface area (Å²) in [4.78, 5) is 7.75. The van der Waals surface area contributed by atoms with Gasteiger partial charge in [-0.1, -0.05) is 0 Å². The fourth-order valence-corrected chi connectivity index (χ4v) is 0.0393. The van der Waals surface area contributed by atoms with Crippen molar-refractivity contribution in [3.8, 4) is 0 Å². The van der Waals surface area contributed by atoms with Crippen LogP contribution in [0.2, 0.25) is 0 Å². The average Bonchev–Trinajstić information content (AvgIpc) is 0.722. The largest absolute Gasteiger partial charge is 1.00 e. The first-order chi connectivity index (χ1) is 2.00. The van der Waals surface area contributed by atoms with Gasteiger partial charge in [0.15, 0.2) is 0 Å². The molecule has 0 radical (unpaired) electrons. The van der Waals surface area contributed by atoms with Crippen LogP contribution in [-0.2, 0) is 14.8 Å². The molecule has 1 heterocycles. The summed E-state index contributed by atoms with van der Waals surface area (Å²) in [5.74, 6) is 0. The molecule has 0 aromatic carbocycles. The van der Waals surface area contributed by atoms with Gasteiger partial charge in [0.05, 0.1) is 0 Å². The van der Waals surface area contributed by atoms with Crippen LogP contribution in [0.5, 0.6) is 0 Å². The predicted molar refractivity (Wildman–Crippen MR) is 7.55 cm³/mol. The zero-order valence-corrected chi connectivity index (χ0v) is 10.0. The fraction of sp³-hybridized carbons (Fsp3) is 0. The topological polar surface area (TPSA) is 27.7 Å². The van der Waals surface area contributed by atoms with Crippen molar-refractivity contribution < 1.29 is 118 Å². The Morgan fingerprint density at radius 1 is 1.00 bits per heavy atom. The molecule has 1 aliphatic heterocycles. The maximum atomic E-state index is 3.88. The van der Waals surface area contributed by atoms with Crippen LogP contribution in [-0.4, -0.2) is 0 Å². The molecule has 0 unspecified atom stereocenters. The van der Waals surface area contributed by atoms with E-state index in [1.165, 1.54) is 0 Å². The standard InChI is InChI=1S/CHO3.2K/c1-2-4-3-1;;/h1H;;/q-1;2*+1. The molecule has 1 aliphatic rings. The van der Waals surface area contributed by atoms with Gasteiger partial charge in [0.2, 0.25) is 0 Å². The summed E-state index contributed by atoms with van der Waals surface area (Å²) in [7, 11) is 0. The second-order valence-electron chi connectivity index (χ2n) is 0.357. The Hall–Kier alpha value is 3.15. The number of hydrogen-bond acceptors (Lipinski definition) is 3. The first kappa shape index (κ1) is 11.9. The first-order valence-corrected chi connectivity index (χ1v) is 0.805. The molecule has 0 aliphatic carbocycles. The van der Waals surface area contributed by atoms with Crippen molar-refractivity contribution in [1.82, 2.24) is 0 Å². The average molecular weight is 139 g/mol. The van der Waals surface area contributed by atoms with Crippen LogP contribution in [0.1, 0.15) is 0 Å². The maximum absolute atomic E-state index is 3.88. The van der Waals surface area contributed by atoms with E-state index in [-0.39, 0.29) is 103 Å². The molecule has 0 amide bonds. The van der Waals surface area contributed by atoms with Crippen molar-refractivity contribution in [2.45, 2.75) is 0 Å². The molecule has 0 saturated carbocycles. The molecule has 1 saturated heterocycles. The molecular formula is CHK2O3+. The molecule has 5 heteroatoms. The van der Waals surface area contributed by atoms with Gasteiger partial charge < -0.3 is 9.78 Å². The van der Waals surface area contributed by atoms with E-state index in [0.29, 0.717) is 0 Å². The predicted octanol–water partition coefficient (Wildman–Crippen LogP) is -5.99. The summed E-state index contributed by atoms with van der Waals surface area (Å²) in [6, 6.07) is 0. The van der Waals surface area contributed by atoms with Crippen LogP contribution in [0.25, 0.3) is 0 Å². The quantitative estimate of drug-likeness (QED) is 0.190. The van der Waals surface area contributed by atoms with Gasteiger partial charge in [-0.05, 0) is 6.79 Å². The molecule has 3 nitrogen and oxygen atoms in total. The molecule has 0 atom stereocenters. The van der Waals surface area contributed by atoms with Crippen molar-refractivity contribution in [2.24, 2.45) is 0 Å². The third kappa shape index (κ3) is 5.29. The zero-order chi connectivity index (χ0) is 2.83.